The molecule has 21 heavy (non-hydrogen) atoms. The summed E-state index contributed by atoms with van der Waals surface area (Å²) < 4.78 is 40.5. The number of hydrogen-bond donors (Lipinski definition) is 2. The maximum absolute atomic E-state index is 12.0. The zero-order chi connectivity index (χ0) is 15.5. The van der Waals surface area contributed by atoms with Crippen LogP contribution in [-0.4, -0.2) is 33.9 Å². The largest absolute Gasteiger partial charge is 0.484 e. The monoisotopic (exact) mass is 300 g/mol. The van der Waals surface area contributed by atoms with Crippen molar-refractivity contribution in [3.8, 4) is 5.75 Å². The van der Waals surface area contributed by atoms with E-state index in [1.165, 1.54) is 24.3 Å². The third kappa shape index (κ3) is 4.48. The van der Waals surface area contributed by atoms with Gasteiger partial charge in [0.05, 0.1) is 0 Å². The summed E-state index contributed by atoms with van der Waals surface area (Å²) in [4.78, 5) is 15.6. The van der Waals surface area contributed by atoms with E-state index in [1.54, 1.807) is 6.92 Å². The molecule has 1 aromatic carbocycles. The van der Waals surface area contributed by atoms with Crippen molar-refractivity contribution in [3.63, 3.8) is 0 Å². The van der Waals surface area contributed by atoms with E-state index in [1.807, 2.05) is 0 Å². The van der Waals surface area contributed by atoms with Crippen LogP contribution >= 0.6 is 0 Å². The van der Waals surface area contributed by atoms with Gasteiger partial charge in [0.15, 0.2) is 6.61 Å². The molecule has 2 aromatic rings. The molecular weight excluding hydrogens is 289 g/mol. The number of nitrogens with one attached hydrogen (secondary N) is 2. The van der Waals surface area contributed by atoms with E-state index in [0.717, 1.165) is 0 Å². The van der Waals surface area contributed by atoms with Gasteiger partial charge in [-0.15, -0.1) is 5.10 Å². The molecule has 0 saturated carbocycles. The molecule has 112 valence electrons. The lowest BCUT2D eigenvalue weighted by Crippen LogP contribution is -2.19. The molecule has 0 aliphatic carbocycles. The Morgan fingerprint density at radius 2 is 2.00 bits per heavy atom. The number of aryl methyl sites for hydroxylation is 1. The fraction of sp³-hybridized carbons (Fsp3) is 0.250. The Kier molecular flexibility index (Phi) is 4.10. The number of hydrogen-bond acceptors (Lipinski definition) is 4. The van der Waals surface area contributed by atoms with Gasteiger partial charge in [-0.3, -0.25) is 9.89 Å². The first kappa shape index (κ1) is 14.8. The molecule has 6 nitrogen and oxygen atoms in total. The molecule has 9 heteroatoms. The van der Waals surface area contributed by atoms with Crippen molar-refractivity contribution in [2.24, 2.45) is 0 Å². The van der Waals surface area contributed by atoms with E-state index in [2.05, 4.69) is 25.2 Å². The maximum atomic E-state index is 12.0. The molecule has 0 aliphatic rings. The number of rotatable bonds is 4. The molecule has 1 amide bonds. The predicted octanol–water partition coefficient (Wildman–Crippen LogP) is 2.31. The number of aromatic nitrogens is 3. The Morgan fingerprint density at radius 1 is 1.33 bits per heavy atom. The van der Waals surface area contributed by atoms with Crippen LogP contribution < -0.4 is 10.1 Å². The van der Waals surface area contributed by atoms with Gasteiger partial charge in [0.25, 0.3) is 5.91 Å². The number of alkyl halides is 3. The van der Waals surface area contributed by atoms with E-state index in [0.29, 0.717) is 11.5 Å². The third-order valence-electron chi connectivity index (χ3n) is 2.31. The molecule has 0 radical (unpaired) electrons. The lowest BCUT2D eigenvalue weighted by Gasteiger charge is -2.09. The number of nitrogens with zero attached hydrogens (tertiary/aromatic N) is 2. The predicted molar refractivity (Wildman–Crippen MR) is 67.1 cm³/mol. The van der Waals surface area contributed by atoms with Crippen molar-refractivity contribution in [2.45, 2.75) is 13.1 Å². The summed E-state index contributed by atoms with van der Waals surface area (Å²) in [7, 11) is 0. The Labute approximate surface area is 117 Å². The van der Waals surface area contributed by atoms with Crippen LogP contribution in [0.4, 0.5) is 18.9 Å². The van der Waals surface area contributed by atoms with Crippen molar-refractivity contribution < 1.29 is 22.7 Å². The Hall–Kier alpha value is -2.58. The van der Waals surface area contributed by atoms with E-state index in [9.17, 15) is 18.0 Å². The summed E-state index contributed by atoms with van der Waals surface area (Å²) in [5.41, 5.74) is 0.391. The lowest BCUT2D eigenvalue weighted by atomic mass is 10.3. The molecule has 0 saturated heterocycles. The molecule has 0 unspecified atom stereocenters. The highest BCUT2D eigenvalue weighted by molar-refractivity contribution is 6.01. The molecule has 0 aliphatic heterocycles. The molecule has 0 fully saturated rings. The van der Waals surface area contributed by atoms with Gasteiger partial charge in [0.2, 0.25) is 5.82 Å². The maximum Gasteiger partial charge on any atom is 0.422 e. The second-order valence-electron chi connectivity index (χ2n) is 4.13. The van der Waals surface area contributed by atoms with E-state index < -0.39 is 18.7 Å². The van der Waals surface area contributed by atoms with Gasteiger partial charge < -0.3 is 10.1 Å². The van der Waals surface area contributed by atoms with Crippen molar-refractivity contribution in [1.82, 2.24) is 15.2 Å². The zero-order valence-corrected chi connectivity index (χ0v) is 10.9. The summed E-state index contributed by atoms with van der Waals surface area (Å²) in [6.45, 7) is 0.283. The fourth-order valence-corrected chi connectivity index (χ4v) is 1.43. The van der Waals surface area contributed by atoms with Crippen LogP contribution in [0, 0.1) is 6.92 Å². The minimum atomic E-state index is -4.39. The number of H-pyrrole nitrogens is 1. The third-order valence-corrected chi connectivity index (χ3v) is 2.31. The number of anilines is 1. The van der Waals surface area contributed by atoms with E-state index in [4.69, 9.17) is 0 Å². The number of ether oxygens (including phenoxy) is 1. The molecule has 1 heterocycles. The van der Waals surface area contributed by atoms with Gasteiger partial charge in [-0.05, 0) is 31.2 Å². The molecular formula is C12H11F3N4O2. The molecule has 2 rings (SSSR count). The van der Waals surface area contributed by atoms with Crippen molar-refractivity contribution in [1.29, 1.82) is 0 Å². The quantitative estimate of drug-likeness (QED) is 0.908. The Bertz CT molecular complexity index is 622. The van der Waals surface area contributed by atoms with Crippen LogP contribution in [0.3, 0.4) is 0 Å². The van der Waals surface area contributed by atoms with E-state index >= 15 is 0 Å². The highest BCUT2D eigenvalue weighted by Gasteiger charge is 2.28. The Balaban J connectivity index is 1.94. The van der Waals surface area contributed by atoms with Crippen molar-refractivity contribution in [3.05, 3.63) is 35.9 Å². The first-order valence-electron chi connectivity index (χ1n) is 5.83. The van der Waals surface area contributed by atoms with Crippen molar-refractivity contribution >= 4 is 11.6 Å². The molecule has 0 bridgehead atoms. The number of benzene rings is 1. The second kappa shape index (κ2) is 5.81. The van der Waals surface area contributed by atoms with Crippen LogP contribution in [0.2, 0.25) is 0 Å². The van der Waals surface area contributed by atoms with Gasteiger partial charge >= 0.3 is 6.18 Å². The Morgan fingerprint density at radius 3 is 2.52 bits per heavy atom. The smallest absolute Gasteiger partial charge is 0.422 e. The average Bonchev–Trinajstić information content (AvgIpc) is 2.84. The molecule has 0 atom stereocenters. The van der Waals surface area contributed by atoms with Crippen LogP contribution in [0.5, 0.6) is 5.75 Å². The van der Waals surface area contributed by atoms with Gasteiger partial charge in [-0.25, -0.2) is 4.98 Å². The van der Waals surface area contributed by atoms with E-state index in [-0.39, 0.29) is 11.6 Å². The minimum absolute atomic E-state index is 0.0232. The number of halogens is 3. The summed E-state index contributed by atoms with van der Waals surface area (Å²) in [5.74, 6) is 0.00307. The first-order valence-corrected chi connectivity index (χ1v) is 5.83. The van der Waals surface area contributed by atoms with Crippen LogP contribution in [0.15, 0.2) is 24.3 Å². The van der Waals surface area contributed by atoms with Crippen LogP contribution in [-0.2, 0) is 0 Å². The number of amides is 1. The SMILES string of the molecule is Cc1nc(C(=O)Nc2ccc(OCC(F)(F)F)cc2)n[nH]1. The number of carbonyl (C=O) groups excluding carboxylic acids is 1. The highest BCUT2D eigenvalue weighted by Crippen LogP contribution is 2.20. The lowest BCUT2D eigenvalue weighted by molar-refractivity contribution is -0.153. The van der Waals surface area contributed by atoms with Gasteiger partial charge in [0, 0.05) is 5.69 Å². The number of aromatic amines is 1. The molecule has 2 N–H and O–H groups in total. The topological polar surface area (TPSA) is 79.9 Å². The van der Waals surface area contributed by atoms with Crippen LogP contribution in [0.1, 0.15) is 16.4 Å². The summed E-state index contributed by atoms with van der Waals surface area (Å²) in [6.07, 6.45) is -4.39. The average molecular weight is 300 g/mol. The van der Waals surface area contributed by atoms with Gasteiger partial charge in [0.1, 0.15) is 11.6 Å². The first-order chi connectivity index (χ1) is 9.83. The van der Waals surface area contributed by atoms with Gasteiger partial charge in [-0.2, -0.15) is 13.2 Å². The van der Waals surface area contributed by atoms with Gasteiger partial charge in [-0.1, -0.05) is 0 Å². The number of carbonyl (C=O) groups is 1. The summed E-state index contributed by atoms with van der Waals surface area (Å²) in [5, 5.41) is 8.72. The molecule has 1 aromatic heterocycles. The molecule has 0 spiro atoms. The highest BCUT2D eigenvalue weighted by atomic mass is 19.4. The zero-order valence-electron chi connectivity index (χ0n) is 10.9. The standard InChI is InChI=1S/C12H11F3N4O2/c1-7-16-10(19-18-7)11(20)17-8-2-4-9(5-3-8)21-6-12(13,14)15/h2-5H,6H2,1H3,(H,17,20)(H,16,18,19). The van der Waals surface area contributed by atoms with Crippen molar-refractivity contribution in [2.75, 3.05) is 11.9 Å². The summed E-state index contributed by atoms with van der Waals surface area (Å²) in [6, 6.07) is 5.49. The second-order valence-corrected chi connectivity index (χ2v) is 4.13. The summed E-state index contributed by atoms with van der Waals surface area (Å²) >= 11 is 0. The normalized spacial score (nSPS) is 11.2. The fourth-order valence-electron chi connectivity index (χ4n) is 1.43. The minimum Gasteiger partial charge on any atom is -0.484 e. The van der Waals surface area contributed by atoms with Crippen LogP contribution in [0.25, 0.3) is 0 Å².